The van der Waals surface area contributed by atoms with Crippen LogP contribution in [0.3, 0.4) is 0 Å². The maximum atomic E-state index is 5.83. The topological polar surface area (TPSA) is 43.8 Å². The Kier molecular flexibility index (Phi) is 3.20. The highest BCUT2D eigenvalue weighted by Gasteiger charge is 2.10. The number of nitrogens with two attached hydrogens (primary N) is 1. The lowest BCUT2D eigenvalue weighted by atomic mass is 10.1. The van der Waals surface area contributed by atoms with E-state index in [2.05, 4.69) is 48.5 Å². The van der Waals surface area contributed by atoms with Crippen LogP contribution in [0, 0.1) is 6.92 Å². The number of benzene rings is 1. The second kappa shape index (κ2) is 4.49. The summed E-state index contributed by atoms with van der Waals surface area (Å²) in [6.07, 6.45) is 0.906. The van der Waals surface area contributed by atoms with Gasteiger partial charge in [0.15, 0.2) is 0 Å². The number of rotatable bonds is 3. The normalized spacial score (nSPS) is 13.5. The van der Waals surface area contributed by atoms with Gasteiger partial charge in [0.25, 0.3) is 0 Å². The van der Waals surface area contributed by atoms with Gasteiger partial charge >= 0.3 is 0 Å². The highest BCUT2D eigenvalue weighted by Crippen LogP contribution is 2.22. The third kappa shape index (κ3) is 2.34. The van der Waals surface area contributed by atoms with Crippen molar-refractivity contribution in [3.63, 3.8) is 0 Å². The molecule has 2 rings (SSSR count). The van der Waals surface area contributed by atoms with Crippen molar-refractivity contribution in [1.82, 2.24) is 9.55 Å². The van der Waals surface area contributed by atoms with Crippen LogP contribution in [0.25, 0.3) is 11.0 Å². The van der Waals surface area contributed by atoms with Crippen molar-refractivity contribution in [2.75, 3.05) is 0 Å². The molecule has 0 bridgehead atoms. The van der Waals surface area contributed by atoms with Crippen LogP contribution >= 0.6 is 0 Å². The Balaban J connectivity index is 2.50. The van der Waals surface area contributed by atoms with Crippen molar-refractivity contribution in [1.29, 1.82) is 0 Å². The first-order chi connectivity index (χ1) is 7.99. The van der Waals surface area contributed by atoms with E-state index in [1.807, 2.05) is 6.92 Å². The molecule has 0 spiro atoms. The minimum atomic E-state index is 0.195. The predicted octanol–water partition coefficient (Wildman–Crippen LogP) is 2.82. The molecule has 1 unspecified atom stereocenters. The van der Waals surface area contributed by atoms with Gasteiger partial charge in [-0.3, -0.25) is 0 Å². The van der Waals surface area contributed by atoms with Crippen molar-refractivity contribution in [3.8, 4) is 0 Å². The van der Waals surface area contributed by atoms with Gasteiger partial charge < -0.3 is 10.3 Å². The van der Waals surface area contributed by atoms with Crippen LogP contribution in [0.5, 0.6) is 0 Å². The Morgan fingerprint density at radius 2 is 2.00 bits per heavy atom. The molecule has 92 valence electrons. The van der Waals surface area contributed by atoms with E-state index < -0.39 is 0 Å². The Labute approximate surface area is 103 Å². The Morgan fingerprint density at radius 3 is 2.59 bits per heavy atom. The zero-order chi connectivity index (χ0) is 12.6. The van der Waals surface area contributed by atoms with E-state index in [9.17, 15) is 0 Å². The van der Waals surface area contributed by atoms with E-state index in [1.54, 1.807) is 0 Å². The van der Waals surface area contributed by atoms with Crippen molar-refractivity contribution < 1.29 is 0 Å². The third-order valence-electron chi connectivity index (χ3n) is 3.00. The molecule has 2 N–H and O–H groups in total. The van der Waals surface area contributed by atoms with Gasteiger partial charge in [-0.2, -0.15) is 0 Å². The minimum Gasteiger partial charge on any atom is -0.328 e. The summed E-state index contributed by atoms with van der Waals surface area (Å²) in [6.45, 7) is 8.46. The third-order valence-corrected chi connectivity index (χ3v) is 3.00. The smallest absolute Gasteiger partial charge is 0.106 e. The van der Waals surface area contributed by atoms with E-state index in [-0.39, 0.29) is 6.04 Å². The Bertz CT molecular complexity index is 523. The van der Waals surface area contributed by atoms with Gasteiger partial charge in [0.2, 0.25) is 0 Å². The van der Waals surface area contributed by atoms with Gasteiger partial charge in [0, 0.05) is 12.1 Å². The fourth-order valence-electron chi connectivity index (χ4n) is 2.42. The number of hydrogen-bond donors (Lipinski definition) is 1. The van der Waals surface area contributed by atoms with Crippen molar-refractivity contribution in [2.45, 2.75) is 46.2 Å². The molecule has 0 aliphatic rings. The second-order valence-electron chi connectivity index (χ2n) is 5.13. The molecule has 0 aliphatic carbocycles. The quantitative estimate of drug-likeness (QED) is 0.882. The molecule has 0 saturated heterocycles. The summed E-state index contributed by atoms with van der Waals surface area (Å²) in [4.78, 5) is 4.62. The van der Waals surface area contributed by atoms with Crippen LogP contribution in [-0.4, -0.2) is 15.6 Å². The van der Waals surface area contributed by atoms with Crippen LogP contribution in [0.2, 0.25) is 0 Å². The van der Waals surface area contributed by atoms with Gasteiger partial charge in [-0.05, 0) is 51.8 Å². The number of aryl methyl sites for hydroxylation is 1. The molecule has 17 heavy (non-hydrogen) atoms. The summed E-state index contributed by atoms with van der Waals surface area (Å²) in [5.41, 5.74) is 9.38. The number of imidazole rings is 1. The zero-order valence-corrected chi connectivity index (χ0v) is 11.1. The molecule has 0 fully saturated rings. The fourth-order valence-corrected chi connectivity index (χ4v) is 2.42. The number of fused-ring (bicyclic) bond motifs is 1. The van der Waals surface area contributed by atoms with Gasteiger partial charge in [-0.1, -0.05) is 6.07 Å². The van der Waals surface area contributed by atoms with E-state index >= 15 is 0 Å². The molecule has 0 saturated carbocycles. The summed E-state index contributed by atoms with van der Waals surface area (Å²) < 4.78 is 2.27. The second-order valence-corrected chi connectivity index (χ2v) is 5.13. The summed E-state index contributed by atoms with van der Waals surface area (Å²) in [6, 6.07) is 7.11. The SMILES string of the molecule is Cc1nc2cc(CC(C)N)ccc2n1C(C)C. The van der Waals surface area contributed by atoms with Crippen molar-refractivity contribution in [3.05, 3.63) is 29.6 Å². The first-order valence-electron chi connectivity index (χ1n) is 6.22. The van der Waals surface area contributed by atoms with Crippen LogP contribution in [0.15, 0.2) is 18.2 Å². The first kappa shape index (κ1) is 12.1. The highest BCUT2D eigenvalue weighted by molar-refractivity contribution is 5.77. The Hall–Kier alpha value is -1.35. The lowest BCUT2D eigenvalue weighted by Gasteiger charge is -2.11. The molecule has 2 aromatic rings. The van der Waals surface area contributed by atoms with E-state index in [0.29, 0.717) is 6.04 Å². The summed E-state index contributed by atoms with van der Waals surface area (Å²) >= 11 is 0. The molecule has 3 nitrogen and oxygen atoms in total. The molecule has 1 aromatic carbocycles. The lowest BCUT2D eigenvalue weighted by molar-refractivity contribution is 0.600. The molecule has 0 amide bonds. The minimum absolute atomic E-state index is 0.195. The maximum absolute atomic E-state index is 5.83. The highest BCUT2D eigenvalue weighted by atomic mass is 15.1. The van der Waals surface area contributed by atoms with Gasteiger partial charge in [0.05, 0.1) is 11.0 Å². The largest absolute Gasteiger partial charge is 0.328 e. The molecule has 1 atom stereocenters. The molecule has 0 aliphatic heterocycles. The predicted molar refractivity (Wildman–Crippen MR) is 72.2 cm³/mol. The van der Waals surface area contributed by atoms with Crippen LogP contribution in [-0.2, 0) is 6.42 Å². The summed E-state index contributed by atoms with van der Waals surface area (Å²) in [7, 11) is 0. The molecule has 3 heteroatoms. The Morgan fingerprint density at radius 1 is 1.29 bits per heavy atom. The standard InChI is InChI=1S/C14H21N3/c1-9(2)17-11(4)16-13-8-12(7-10(3)15)5-6-14(13)17/h5-6,8-10H,7,15H2,1-4H3. The summed E-state index contributed by atoms with van der Waals surface area (Å²) in [5, 5.41) is 0. The van der Waals surface area contributed by atoms with Crippen molar-refractivity contribution >= 4 is 11.0 Å². The molecular weight excluding hydrogens is 210 g/mol. The summed E-state index contributed by atoms with van der Waals surface area (Å²) in [5.74, 6) is 1.08. The lowest BCUT2D eigenvalue weighted by Crippen LogP contribution is -2.17. The molecule has 1 aromatic heterocycles. The van der Waals surface area contributed by atoms with Gasteiger partial charge in [-0.25, -0.2) is 4.98 Å². The van der Waals surface area contributed by atoms with Crippen molar-refractivity contribution in [2.24, 2.45) is 5.73 Å². The van der Waals surface area contributed by atoms with E-state index in [1.165, 1.54) is 11.1 Å². The number of aromatic nitrogens is 2. The van der Waals surface area contributed by atoms with E-state index in [0.717, 1.165) is 17.8 Å². The molecule has 1 heterocycles. The van der Waals surface area contributed by atoms with Crippen LogP contribution in [0.4, 0.5) is 0 Å². The van der Waals surface area contributed by atoms with Crippen LogP contribution in [0.1, 0.15) is 38.2 Å². The average Bonchev–Trinajstić information content (AvgIpc) is 2.51. The number of nitrogens with zero attached hydrogens (tertiary/aromatic N) is 2. The first-order valence-corrected chi connectivity index (χ1v) is 6.22. The van der Waals surface area contributed by atoms with Gasteiger partial charge in [-0.15, -0.1) is 0 Å². The average molecular weight is 231 g/mol. The molecule has 0 radical (unpaired) electrons. The zero-order valence-electron chi connectivity index (χ0n) is 11.1. The van der Waals surface area contributed by atoms with E-state index in [4.69, 9.17) is 5.73 Å². The van der Waals surface area contributed by atoms with Crippen LogP contribution < -0.4 is 5.73 Å². The maximum Gasteiger partial charge on any atom is 0.106 e. The number of hydrogen-bond acceptors (Lipinski definition) is 2. The molecular formula is C14H21N3. The monoisotopic (exact) mass is 231 g/mol. The fraction of sp³-hybridized carbons (Fsp3) is 0.500. The van der Waals surface area contributed by atoms with Gasteiger partial charge in [0.1, 0.15) is 5.82 Å².